The van der Waals surface area contributed by atoms with Crippen molar-refractivity contribution in [3.8, 4) is 33.6 Å². The summed E-state index contributed by atoms with van der Waals surface area (Å²) in [5.41, 5.74) is 16.5. The Morgan fingerprint density at radius 3 is 1.45 bits per heavy atom. The summed E-state index contributed by atoms with van der Waals surface area (Å²) in [6.07, 6.45) is 0. The first-order valence-corrected chi connectivity index (χ1v) is 23.3. The van der Waals surface area contributed by atoms with E-state index >= 15 is 0 Å². The quantitative estimate of drug-likeness (QED) is 0.164. The van der Waals surface area contributed by atoms with E-state index in [1.165, 1.54) is 103 Å². The first-order valence-electron chi connectivity index (χ1n) is 22.4. The van der Waals surface area contributed by atoms with Gasteiger partial charge in [0.05, 0.1) is 22.1 Å². The van der Waals surface area contributed by atoms with Crippen molar-refractivity contribution >= 4 is 97.1 Å². The van der Waals surface area contributed by atoms with E-state index < -0.39 is 0 Å². The zero-order chi connectivity index (χ0) is 42.8. The van der Waals surface area contributed by atoms with Crippen LogP contribution in [0, 0.1) is 0 Å². The van der Waals surface area contributed by atoms with Gasteiger partial charge in [0.15, 0.2) is 0 Å². The standard InChI is InChI=1S/C60H44N2OS/c1-35(2)37-16-22-53-47(29-37)49-31-41(18-24-55(49)61(53)43-20-26-58-51(33-43)45-12-5-7-14-57(45)63-58)39-10-9-11-40(28-39)42-19-25-56-50(32-42)48-30-38(36(3)4)17-23-54(48)62(56)44-21-27-60-52(34-44)46-13-6-8-15-59(46)64-60/h5-36H,1-4H3. The monoisotopic (exact) mass is 840 g/mol. The van der Waals surface area contributed by atoms with Gasteiger partial charge in [0.25, 0.3) is 0 Å². The zero-order valence-electron chi connectivity index (χ0n) is 36.2. The highest BCUT2D eigenvalue weighted by Crippen LogP contribution is 2.42. The highest BCUT2D eigenvalue weighted by atomic mass is 32.1. The Balaban J connectivity index is 0.949. The number of nitrogens with zero attached hydrogens (tertiary/aromatic N) is 2. The van der Waals surface area contributed by atoms with Crippen molar-refractivity contribution in [1.82, 2.24) is 9.13 Å². The number of hydrogen-bond donors (Lipinski definition) is 0. The minimum absolute atomic E-state index is 0.421. The van der Waals surface area contributed by atoms with Gasteiger partial charge in [0, 0.05) is 63.9 Å². The second-order valence-electron chi connectivity index (χ2n) is 18.1. The second-order valence-corrected chi connectivity index (χ2v) is 19.2. The molecule has 0 aliphatic heterocycles. The summed E-state index contributed by atoms with van der Waals surface area (Å²) in [4.78, 5) is 0. The van der Waals surface area contributed by atoms with Crippen LogP contribution in [-0.4, -0.2) is 9.13 Å². The van der Waals surface area contributed by atoms with Gasteiger partial charge in [-0.2, -0.15) is 0 Å². The molecule has 0 fully saturated rings. The number of thiophene rings is 1. The van der Waals surface area contributed by atoms with Gasteiger partial charge in [-0.05, 0) is 148 Å². The molecule has 0 aliphatic carbocycles. The molecule has 3 nitrogen and oxygen atoms in total. The third-order valence-corrected chi connectivity index (χ3v) is 14.8. The normalized spacial score (nSPS) is 12.3. The molecule has 306 valence electrons. The molecule has 9 aromatic carbocycles. The maximum Gasteiger partial charge on any atom is 0.135 e. The van der Waals surface area contributed by atoms with Gasteiger partial charge in [-0.3, -0.25) is 0 Å². The van der Waals surface area contributed by atoms with Gasteiger partial charge in [-0.25, -0.2) is 0 Å². The number of hydrogen-bond acceptors (Lipinski definition) is 2. The lowest BCUT2D eigenvalue weighted by molar-refractivity contribution is 0.669. The van der Waals surface area contributed by atoms with E-state index in [4.69, 9.17) is 4.42 Å². The molecule has 0 amide bonds. The van der Waals surface area contributed by atoms with Crippen molar-refractivity contribution in [2.24, 2.45) is 0 Å². The Kier molecular flexibility index (Phi) is 8.16. The number of fused-ring (bicyclic) bond motifs is 12. The summed E-state index contributed by atoms with van der Waals surface area (Å²) in [5.74, 6) is 0.852. The molecule has 4 heterocycles. The molecule has 0 saturated carbocycles. The van der Waals surface area contributed by atoms with Crippen LogP contribution in [0.3, 0.4) is 0 Å². The van der Waals surface area contributed by atoms with E-state index in [0.29, 0.717) is 11.8 Å². The Bertz CT molecular complexity index is 3780. The van der Waals surface area contributed by atoms with E-state index in [9.17, 15) is 0 Å². The second kappa shape index (κ2) is 14.1. The molecule has 0 aliphatic rings. The minimum atomic E-state index is 0.421. The van der Waals surface area contributed by atoms with Crippen molar-refractivity contribution in [3.05, 3.63) is 193 Å². The summed E-state index contributed by atoms with van der Waals surface area (Å²) in [6, 6.07) is 67.9. The Morgan fingerprint density at radius 1 is 0.344 bits per heavy atom. The molecule has 13 rings (SSSR count). The predicted octanol–water partition coefficient (Wildman–Crippen LogP) is 17.7. The fourth-order valence-corrected chi connectivity index (χ4v) is 11.4. The van der Waals surface area contributed by atoms with Crippen molar-refractivity contribution in [1.29, 1.82) is 0 Å². The molecule has 64 heavy (non-hydrogen) atoms. The van der Waals surface area contributed by atoms with Crippen LogP contribution in [0.4, 0.5) is 0 Å². The van der Waals surface area contributed by atoms with Gasteiger partial charge in [-0.15, -0.1) is 11.3 Å². The van der Waals surface area contributed by atoms with Gasteiger partial charge >= 0.3 is 0 Å². The fraction of sp³-hybridized carbons (Fsp3) is 0.100. The topological polar surface area (TPSA) is 23.0 Å². The SMILES string of the molecule is CC(C)c1ccc2c(c1)c1cc(-c3cccc(-c4ccc5c(c4)c4cc(C(C)C)ccc4n5-c4ccc5sc6ccccc6c5c4)c3)ccc1n2-c1ccc2oc3ccccc3c2c1. The van der Waals surface area contributed by atoms with Gasteiger partial charge in [0.1, 0.15) is 11.2 Å². The Labute approximate surface area is 375 Å². The molecule has 4 aromatic heterocycles. The van der Waals surface area contributed by atoms with E-state index in [1.54, 1.807) is 0 Å². The van der Waals surface area contributed by atoms with Crippen LogP contribution < -0.4 is 0 Å². The largest absolute Gasteiger partial charge is 0.456 e. The number of rotatable bonds is 6. The van der Waals surface area contributed by atoms with Crippen LogP contribution in [0.15, 0.2) is 186 Å². The van der Waals surface area contributed by atoms with E-state index in [-0.39, 0.29) is 0 Å². The van der Waals surface area contributed by atoms with Gasteiger partial charge < -0.3 is 13.6 Å². The summed E-state index contributed by atoms with van der Waals surface area (Å²) < 4.78 is 13.8. The van der Waals surface area contributed by atoms with E-state index in [1.807, 2.05) is 23.5 Å². The maximum atomic E-state index is 6.23. The molecule has 13 aromatic rings. The molecule has 0 spiro atoms. The van der Waals surface area contributed by atoms with Crippen LogP contribution in [-0.2, 0) is 0 Å². The summed E-state index contributed by atoms with van der Waals surface area (Å²) in [7, 11) is 0. The Morgan fingerprint density at radius 2 is 0.828 bits per heavy atom. The van der Waals surface area contributed by atoms with Crippen LogP contribution in [0.5, 0.6) is 0 Å². The molecular formula is C60H44N2OS. The van der Waals surface area contributed by atoms with Crippen molar-refractivity contribution in [2.45, 2.75) is 39.5 Å². The first kappa shape index (κ1) is 37.2. The highest BCUT2D eigenvalue weighted by molar-refractivity contribution is 7.25. The van der Waals surface area contributed by atoms with Crippen molar-refractivity contribution < 1.29 is 4.42 Å². The molecular weight excluding hydrogens is 797 g/mol. The lowest BCUT2D eigenvalue weighted by atomic mass is 9.96. The lowest BCUT2D eigenvalue weighted by Gasteiger charge is -2.10. The van der Waals surface area contributed by atoms with Crippen LogP contribution in [0.1, 0.15) is 50.7 Å². The zero-order valence-corrected chi connectivity index (χ0v) is 37.0. The Hall–Kier alpha value is -7.40. The molecule has 4 heteroatoms. The van der Waals surface area contributed by atoms with E-state index in [2.05, 4.69) is 207 Å². The average Bonchev–Trinajstić information content (AvgIpc) is 4.08. The van der Waals surface area contributed by atoms with Gasteiger partial charge in [-0.1, -0.05) is 107 Å². The highest BCUT2D eigenvalue weighted by Gasteiger charge is 2.19. The van der Waals surface area contributed by atoms with Crippen LogP contribution in [0.25, 0.3) is 119 Å². The van der Waals surface area contributed by atoms with Crippen molar-refractivity contribution in [3.63, 3.8) is 0 Å². The summed E-state index contributed by atoms with van der Waals surface area (Å²) >= 11 is 1.87. The number of furan rings is 1. The summed E-state index contributed by atoms with van der Waals surface area (Å²) in [5, 5.41) is 9.98. The van der Waals surface area contributed by atoms with Crippen LogP contribution in [0.2, 0.25) is 0 Å². The molecule has 0 saturated heterocycles. The van der Waals surface area contributed by atoms with Crippen molar-refractivity contribution in [2.75, 3.05) is 0 Å². The molecule has 0 atom stereocenters. The smallest absolute Gasteiger partial charge is 0.135 e. The molecule has 0 unspecified atom stereocenters. The molecule has 0 radical (unpaired) electrons. The number of benzene rings is 9. The number of aromatic nitrogens is 2. The maximum absolute atomic E-state index is 6.23. The molecule has 0 bridgehead atoms. The first-order chi connectivity index (χ1) is 31.3. The predicted molar refractivity (Wildman–Crippen MR) is 274 cm³/mol. The molecule has 0 N–H and O–H groups in total. The third-order valence-electron chi connectivity index (χ3n) is 13.7. The lowest BCUT2D eigenvalue weighted by Crippen LogP contribution is -1.94. The van der Waals surface area contributed by atoms with Crippen LogP contribution >= 0.6 is 11.3 Å². The fourth-order valence-electron chi connectivity index (χ4n) is 10.3. The third kappa shape index (κ3) is 5.65. The van der Waals surface area contributed by atoms with Gasteiger partial charge in [0.2, 0.25) is 0 Å². The summed E-state index contributed by atoms with van der Waals surface area (Å²) in [6.45, 7) is 9.12. The van der Waals surface area contributed by atoms with E-state index in [0.717, 1.165) is 27.6 Å². The number of para-hydroxylation sites is 1. The average molecular weight is 841 g/mol. The minimum Gasteiger partial charge on any atom is -0.456 e.